The molecule has 106 valence electrons. The monoisotopic (exact) mass is 264 g/mol. The standard InChI is InChI=1S/C15H24N2O2/c1-4-19-15-7-13(5-6-14(15)18)10-17-9-11(2)16-8-12(17)3/h5-7,11-12,16,18H,4,8-10H2,1-3H3. The Bertz CT molecular complexity index is 423. The van der Waals surface area contributed by atoms with E-state index >= 15 is 0 Å². The highest BCUT2D eigenvalue weighted by Crippen LogP contribution is 2.27. The molecule has 0 amide bonds. The topological polar surface area (TPSA) is 44.7 Å². The second-order valence-corrected chi connectivity index (χ2v) is 5.32. The van der Waals surface area contributed by atoms with Crippen LogP contribution < -0.4 is 10.1 Å². The lowest BCUT2D eigenvalue weighted by molar-refractivity contribution is 0.138. The second-order valence-electron chi connectivity index (χ2n) is 5.32. The molecule has 0 radical (unpaired) electrons. The number of aromatic hydroxyl groups is 1. The van der Waals surface area contributed by atoms with E-state index in [2.05, 4.69) is 24.1 Å². The molecular weight excluding hydrogens is 240 g/mol. The van der Waals surface area contributed by atoms with E-state index in [0.29, 0.717) is 24.4 Å². The van der Waals surface area contributed by atoms with Crippen LogP contribution in [0.4, 0.5) is 0 Å². The Kier molecular flexibility index (Phi) is 4.66. The van der Waals surface area contributed by atoms with E-state index in [4.69, 9.17) is 4.74 Å². The molecule has 1 aliphatic rings. The number of nitrogens with zero attached hydrogens (tertiary/aromatic N) is 1. The number of nitrogens with one attached hydrogen (secondary N) is 1. The van der Waals surface area contributed by atoms with Crippen molar-refractivity contribution in [3.8, 4) is 11.5 Å². The van der Waals surface area contributed by atoms with Crippen LogP contribution in [0.1, 0.15) is 26.3 Å². The SMILES string of the molecule is CCOc1cc(CN2CC(C)NCC2C)ccc1O. The zero-order valence-electron chi connectivity index (χ0n) is 12.0. The molecular formula is C15H24N2O2. The first-order valence-corrected chi connectivity index (χ1v) is 7.02. The summed E-state index contributed by atoms with van der Waals surface area (Å²) in [6, 6.07) is 6.69. The number of rotatable bonds is 4. The Morgan fingerprint density at radius 3 is 2.95 bits per heavy atom. The van der Waals surface area contributed by atoms with Gasteiger partial charge in [0.05, 0.1) is 6.61 Å². The number of benzene rings is 1. The predicted molar refractivity (Wildman–Crippen MR) is 76.6 cm³/mol. The van der Waals surface area contributed by atoms with Gasteiger partial charge >= 0.3 is 0 Å². The third-order valence-corrected chi connectivity index (χ3v) is 3.60. The van der Waals surface area contributed by atoms with Gasteiger partial charge in [-0.2, -0.15) is 0 Å². The van der Waals surface area contributed by atoms with Crippen LogP contribution in [0.15, 0.2) is 18.2 Å². The fourth-order valence-electron chi connectivity index (χ4n) is 2.48. The number of phenols is 1. The number of hydrogen-bond acceptors (Lipinski definition) is 4. The van der Waals surface area contributed by atoms with Crippen LogP contribution in [0.5, 0.6) is 11.5 Å². The summed E-state index contributed by atoms with van der Waals surface area (Å²) < 4.78 is 5.43. The molecule has 1 aliphatic heterocycles. The van der Waals surface area contributed by atoms with Gasteiger partial charge in [-0.15, -0.1) is 0 Å². The van der Waals surface area contributed by atoms with Crippen LogP contribution >= 0.6 is 0 Å². The summed E-state index contributed by atoms with van der Waals surface area (Å²) in [5.41, 5.74) is 1.18. The van der Waals surface area contributed by atoms with Crippen molar-refractivity contribution in [1.82, 2.24) is 10.2 Å². The van der Waals surface area contributed by atoms with Crippen molar-refractivity contribution in [3.05, 3.63) is 23.8 Å². The summed E-state index contributed by atoms with van der Waals surface area (Å²) >= 11 is 0. The molecule has 1 aromatic rings. The van der Waals surface area contributed by atoms with Gasteiger partial charge < -0.3 is 15.2 Å². The van der Waals surface area contributed by atoms with Crippen molar-refractivity contribution in [2.24, 2.45) is 0 Å². The molecule has 0 saturated carbocycles. The van der Waals surface area contributed by atoms with Gasteiger partial charge in [-0.3, -0.25) is 4.90 Å². The maximum atomic E-state index is 9.72. The van der Waals surface area contributed by atoms with Crippen molar-refractivity contribution in [3.63, 3.8) is 0 Å². The van der Waals surface area contributed by atoms with Crippen LogP contribution in [0, 0.1) is 0 Å². The first kappa shape index (κ1) is 14.2. The van der Waals surface area contributed by atoms with Gasteiger partial charge in [-0.05, 0) is 38.5 Å². The van der Waals surface area contributed by atoms with Crippen molar-refractivity contribution in [2.45, 2.75) is 39.4 Å². The highest BCUT2D eigenvalue weighted by molar-refractivity contribution is 5.41. The van der Waals surface area contributed by atoms with Gasteiger partial charge in [0.2, 0.25) is 0 Å². The van der Waals surface area contributed by atoms with E-state index < -0.39 is 0 Å². The third-order valence-electron chi connectivity index (χ3n) is 3.60. The van der Waals surface area contributed by atoms with Crippen LogP contribution in [0.25, 0.3) is 0 Å². The van der Waals surface area contributed by atoms with Crippen LogP contribution in [0.3, 0.4) is 0 Å². The minimum absolute atomic E-state index is 0.215. The molecule has 0 spiro atoms. The van der Waals surface area contributed by atoms with E-state index in [-0.39, 0.29) is 5.75 Å². The Labute approximate surface area is 115 Å². The highest BCUT2D eigenvalue weighted by Gasteiger charge is 2.22. The molecule has 2 unspecified atom stereocenters. The molecule has 0 bridgehead atoms. The summed E-state index contributed by atoms with van der Waals surface area (Å²) in [5, 5.41) is 13.2. The maximum Gasteiger partial charge on any atom is 0.161 e. The van der Waals surface area contributed by atoms with Gasteiger partial charge in [-0.25, -0.2) is 0 Å². The van der Waals surface area contributed by atoms with Crippen LogP contribution in [-0.2, 0) is 6.54 Å². The zero-order valence-corrected chi connectivity index (χ0v) is 12.0. The number of phenolic OH excluding ortho intramolecular Hbond substituents is 1. The molecule has 0 aromatic heterocycles. The minimum atomic E-state index is 0.215. The summed E-state index contributed by atoms with van der Waals surface area (Å²) in [4.78, 5) is 2.46. The third kappa shape index (κ3) is 3.61. The number of piperazine rings is 1. The quantitative estimate of drug-likeness (QED) is 0.873. The summed E-state index contributed by atoms with van der Waals surface area (Å²) in [6.45, 7) is 9.91. The Morgan fingerprint density at radius 1 is 1.42 bits per heavy atom. The average molecular weight is 264 g/mol. The van der Waals surface area contributed by atoms with Crippen molar-refractivity contribution < 1.29 is 9.84 Å². The molecule has 2 N–H and O–H groups in total. The Hall–Kier alpha value is -1.26. The molecule has 4 nitrogen and oxygen atoms in total. The fraction of sp³-hybridized carbons (Fsp3) is 0.600. The summed E-state index contributed by atoms with van der Waals surface area (Å²) in [7, 11) is 0. The molecule has 2 rings (SSSR count). The lowest BCUT2D eigenvalue weighted by atomic mass is 10.1. The summed E-state index contributed by atoms with van der Waals surface area (Å²) in [5.74, 6) is 0.795. The number of ether oxygens (including phenoxy) is 1. The van der Waals surface area contributed by atoms with Gasteiger partial charge in [0.15, 0.2) is 11.5 Å². The van der Waals surface area contributed by atoms with Crippen LogP contribution in [-0.4, -0.2) is 41.8 Å². The van der Waals surface area contributed by atoms with Gasteiger partial charge in [0.1, 0.15) is 0 Å². The van der Waals surface area contributed by atoms with Crippen molar-refractivity contribution in [1.29, 1.82) is 0 Å². The van der Waals surface area contributed by atoms with Crippen molar-refractivity contribution in [2.75, 3.05) is 19.7 Å². The van der Waals surface area contributed by atoms with E-state index in [1.54, 1.807) is 6.07 Å². The molecule has 1 aromatic carbocycles. The predicted octanol–water partition coefficient (Wildman–Crippen LogP) is 1.97. The lowest BCUT2D eigenvalue weighted by Gasteiger charge is -2.37. The van der Waals surface area contributed by atoms with E-state index in [0.717, 1.165) is 19.6 Å². The van der Waals surface area contributed by atoms with Gasteiger partial charge in [-0.1, -0.05) is 6.07 Å². The fourth-order valence-corrected chi connectivity index (χ4v) is 2.48. The average Bonchev–Trinajstić information content (AvgIpc) is 2.38. The second kappa shape index (κ2) is 6.26. The number of hydrogen-bond donors (Lipinski definition) is 2. The van der Waals surface area contributed by atoms with Gasteiger partial charge in [0, 0.05) is 31.7 Å². The van der Waals surface area contributed by atoms with E-state index in [1.807, 2.05) is 19.1 Å². The summed E-state index contributed by atoms with van der Waals surface area (Å²) in [6.07, 6.45) is 0. The van der Waals surface area contributed by atoms with Crippen molar-refractivity contribution >= 4 is 0 Å². The molecule has 19 heavy (non-hydrogen) atoms. The molecule has 2 atom stereocenters. The lowest BCUT2D eigenvalue weighted by Crippen LogP contribution is -2.53. The first-order chi connectivity index (χ1) is 9.10. The Balaban J connectivity index is 2.07. The minimum Gasteiger partial charge on any atom is -0.504 e. The molecule has 1 fully saturated rings. The maximum absolute atomic E-state index is 9.72. The van der Waals surface area contributed by atoms with E-state index in [9.17, 15) is 5.11 Å². The Morgan fingerprint density at radius 2 is 2.21 bits per heavy atom. The zero-order chi connectivity index (χ0) is 13.8. The molecule has 1 heterocycles. The largest absolute Gasteiger partial charge is 0.504 e. The normalized spacial score (nSPS) is 24.4. The first-order valence-electron chi connectivity index (χ1n) is 7.02. The molecule has 1 saturated heterocycles. The highest BCUT2D eigenvalue weighted by atomic mass is 16.5. The molecule has 4 heteroatoms. The van der Waals surface area contributed by atoms with Crippen LogP contribution in [0.2, 0.25) is 0 Å². The van der Waals surface area contributed by atoms with E-state index in [1.165, 1.54) is 5.56 Å². The van der Waals surface area contributed by atoms with Gasteiger partial charge in [0.25, 0.3) is 0 Å². The molecule has 0 aliphatic carbocycles. The smallest absolute Gasteiger partial charge is 0.161 e.